The fourth-order valence-corrected chi connectivity index (χ4v) is 8.41. The maximum absolute atomic E-state index is 10.5. The molecule has 0 fully saturated rings. The number of nitriles is 2. The van der Waals surface area contributed by atoms with Crippen molar-refractivity contribution in [2.45, 2.75) is 0 Å². The summed E-state index contributed by atoms with van der Waals surface area (Å²) in [6, 6.07) is 70.3. The largest absolute Gasteiger partial charge is 0.309 e. The van der Waals surface area contributed by atoms with Crippen LogP contribution in [0, 0.1) is 22.7 Å². The summed E-state index contributed by atoms with van der Waals surface area (Å²) < 4.78 is 2.24. The van der Waals surface area contributed by atoms with Crippen molar-refractivity contribution >= 4 is 43.4 Å². The van der Waals surface area contributed by atoms with Gasteiger partial charge in [-0.15, -0.1) is 0 Å². The molecule has 0 atom stereocenters. The van der Waals surface area contributed by atoms with Crippen molar-refractivity contribution in [3.05, 3.63) is 199 Å². The van der Waals surface area contributed by atoms with Crippen molar-refractivity contribution in [2.24, 2.45) is 0 Å². The molecule has 0 spiro atoms. The quantitative estimate of drug-likeness (QED) is 0.168. The Labute approximate surface area is 318 Å². The highest BCUT2D eigenvalue weighted by Crippen LogP contribution is 2.44. The maximum atomic E-state index is 10.5. The van der Waals surface area contributed by atoms with Crippen LogP contribution in [-0.4, -0.2) is 4.57 Å². The van der Waals surface area contributed by atoms with E-state index in [1.54, 1.807) is 0 Å². The Morgan fingerprint density at radius 2 is 0.909 bits per heavy atom. The zero-order valence-corrected chi connectivity index (χ0v) is 29.7. The van der Waals surface area contributed by atoms with Crippen LogP contribution in [0.25, 0.3) is 93.5 Å². The van der Waals surface area contributed by atoms with E-state index in [-0.39, 0.29) is 0 Å². The first-order chi connectivity index (χ1) is 27.2. The van der Waals surface area contributed by atoms with E-state index in [0.29, 0.717) is 11.1 Å². The number of benzene rings is 9. The Morgan fingerprint density at radius 3 is 1.62 bits per heavy atom. The molecule has 3 nitrogen and oxygen atoms in total. The second-order valence-electron chi connectivity index (χ2n) is 13.9. The van der Waals surface area contributed by atoms with Gasteiger partial charge in [-0.3, -0.25) is 0 Å². The fourth-order valence-electron chi connectivity index (χ4n) is 8.41. The average Bonchev–Trinajstić information content (AvgIpc) is 3.59. The molecule has 0 aliphatic rings. The lowest BCUT2D eigenvalue weighted by atomic mass is 9.85. The van der Waals surface area contributed by atoms with E-state index in [9.17, 15) is 10.5 Å². The molecule has 0 unspecified atom stereocenters. The summed E-state index contributed by atoms with van der Waals surface area (Å²) in [5.74, 6) is 0. The van der Waals surface area contributed by atoms with Crippen LogP contribution in [0.15, 0.2) is 188 Å². The molecule has 0 aliphatic carbocycles. The molecule has 9 aromatic carbocycles. The third-order valence-corrected chi connectivity index (χ3v) is 10.8. The molecule has 1 heterocycles. The minimum absolute atomic E-state index is 0.615. The molecule has 1 aromatic heterocycles. The Morgan fingerprint density at radius 1 is 0.345 bits per heavy atom. The summed E-state index contributed by atoms with van der Waals surface area (Å²) in [6.07, 6.45) is 0. The molecule has 0 saturated carbocycles. The zero-order chi connectivity index (χ0) is 36.9. The second kappa shape index (κ2) is 13.0. The fraction of sp³-hybridized carbons (Fsp3) is 0. The van der Waals surface area contributed by atoms with Gasteiger partial charge in [0.15, 0.2) is 0 Å². The van der Waals surface area contributed by atoms with Gasteiger partial charge in [0.05, 0.1) is 34.3 Å². The van der Waals surface area contributed by atoms with Gasteiger partial charge < -0.3 is 4.57 Å². The second-order valence-corrected chi connectivity index (χ2v) is 13.9. The Kier molecular flexibility index (Phi) is 7.58. The van der Waals surface area contributed by atoms with Crippen LogP contribution >= 0.6 is 0 Å². The SMILES string of the molecule is N#Cc1ccc2c(c1)c1ccccc1n2-c1cccc(-c2ccc(-c3cccc(-c4c5ccccc5c(-c5ccccc5)c5ccccc45)c3)cc2C#N)c1. The molecule has 254 valence electrons. The Hall–Kier alpha value is -7.72. The number of aromatic nitrogens is 1. The molecule has 3 heteroatoms. The summed E-state index contributed by atoms with van der Waals surface area (Å²) in [7, 11) is 0. The first-order valence-electron chi connectivity index (χ1n) is 18.4. The number of nitrogens with zero attached hydrogens (tertiary/aromatic N) is 3. The number of hydrogen-bond acceptors (Lipinski definition) is 2. The topological polar surface area (TPSA) is 52.5 Å². The van der Waals surface area contributed by atoms with Crippen molar-refractivity contribution in [3.8, 4) is 62.3 Å². The molecule has 10 rings (SSSR count). The number of hydrogen-bond donors (Lipinski definition) is 0. The third kappa shape index (κ3) is 5.27. The molecule has 0 radical (unpaired) electrons. The summed E-state index contributed by atoms with van der Waals surface area (Å²) >= 11 is 0. The van der Waals surface area contributed by atoms with Gasteiger partial charge in [0.1, 0.15) is 0 Å². The van der Waals surface area contributed by atoms with Crippen LogP contribution in [0.2, 0.25) is 0 Å². The molecule has 0 saturated heterocycles. The highest BCUT2D eigenvalue weighted by Gasteiger charge is 2.18. The van der Waals surface area contributed by atoms with Gasteiger partial charge in [0, 0.05) is 16.5 Å². The van der Waals surface area contributed by atoms with Crippen molar-refractivity contribution in [2.75, 3.05) is 0 Å². The first kappa shape index (κ1) is 32.0. The van der Waals surface area contributed by atoms with E-state index in [4.69, 9.17) is 0 Å². The molecule has 55 heavy (non-hydrogen) atoms. The summed E-state index contributed by atoms with van der Waals surface area (Å²) in [5.41, 5.74) is 13.0. The van der Waals surface area contributed by atoms with Crippen LogP contribution in [0.3, 0.4) is 0 Å². The van der Waals surface area contributed by atoms with Crippen molar-refractivity contribution < 1.29 is 0 Å². The van der Waals surface area contributed by atoms with Gasteiger partial charge in [-0.1, -0.05) is 140 Å². The lowest BCUT2D eigenvalue weighted by Gasteiger charge is -2.18. The molecule has 10 aromatic rings. The number of para-hydroxylation sites is 1. The first-order valence-corrected chi connectivity index (χ1v) is 18.4. The van der Waals surface area contributed by atoms with Crippen molar-refractivity contribution in [1.82, 2.24) is 4.57 Å². The molecule has 0 aliphatic heterocycles. The molecule has 0 amide bonds. The standard InChI is InChI=1S/C52H31N3/c53-32-34-24-27-50-48(28-34)43-18-8-9-23-49(43)55(50)41-17-11-15-38(31-41)42-26-25-37(30-40(42)33-54)36-14-10-16-39(29-36)52-46-21-6-4-19-44(46)51(35-12-2-1-3-13-35)45-20-5-7-22-47(45)52/h1-31H. The highest BCUT2D eigenvalue weighted by atomic mass is 15.0. The van der Waals surface area contributed by atoms with Crippen LogP contribution in [0.1, 0.15) is 11.1 Å². The van der Waals surface area contributed by atoms with E-state index in [0.717, 1.165) is 55.3 Å². The van der Waals surface area contributed by atoms with E-state index >= 15 is 0 Å². The van der Waals surface area contributed by atoms with Crippen molar-refractivity contribution in [3.63, 3.8) is 0 Å². The number of rotatable bonds is 5. The monoisotopic (exact) mass is 697 g/mol. The molecule has 0 bridgehead atoms. The van der Waals surface area contributed by atoms with E-state index in [1.165, 1.54) is 38.2 Å². The normalized spacial score (nSPS) is 11.2. The third-order valence-electron chi connectivity index (χ3n) is 10.8. The Balaban J connectivity index is 1.08. The van der Waals surface area contributed by atoms with Crippen LogP contribution in [-0.2, 0) is 0 Å². The van der Waals surface area contributed by atoms with Gasteiger partial charge in [0.25, 0.3) is 0 Å². The summed E-state index contributed by atoms with van der Waals surface area (Å²) in [5, 5.41) is 27.1. The predicted octanol–water partition coefficient (Wildman–Crippen LogP) is 13.5. The van der Waals surface area contributed by atoms with Gasteiger partial charge in [-0.05, 0) is 115 Å². The van der Waals surface area contributed by atoms with E-state index in [1.807, 2.05) is 42.5 Å². The smallest absolute Gasteiger partial charge is 0.0998 e. The molecular weight excluding hydrogens is 667 g/mol. The highest BCUT2D eigenvalue weighted by molar-refractivity contribution is 6.21. The Bertz CT molecular complexity index is 3170. The molecule has 0 N–H and O–H groups in total. The summed E-state index contributed by atoms with van der Waals surface area (Å²) in [6.45, 7) is 0. The van der Waals surface area contributed by atoms with Gasteiger partial charge in [-0.25, -0.2) is 0 Å². The van der Waals surface area contributed by atoms with Crippen LogP contribution < -0.4 is 0 Å². The van der Waals surface area contributed by atoms with Crippen LogP contribution in [0.4, 0.5) is 0 Å². The van der Waals surface area contributed by atoms with E-state index in [2.05, 4.69) is 162 Å². The lowest BCUT2D eigenvalue weighted by molar-refractivity contribution is 1.18. The minimum Gasteiger partial charge on any atom is -0.309 e. The molecular formula is C52H31N3. The maximum Gasteiger partial charge on any atom is 0.0998 e. The summed E-state index contributed by atoms with van der Waals surface area (Å²) in [4.78, 5) is 0. The van der Waals surface area contributed by atoms with Gasteiger partial charge in [-0.2, -0.15) is 10.5 Å². The van der Waals surface area contributed by atoms with Crippen molar-refractivity contribution in [1.29, 1.82) is 10.5 Å². The predicted molar refractivity (Wildman–Crippen MR) is 227 cm³/mol. The average molecular weight is 698 g/mol. The number of fused-ring (bicyclic) bond motifs is 5. The van der Waals surface area contributed by atoms with E-state index < -0.39 is 0 Å². The van der Waals surface area contributed by atoms with Crippen LogP contribution in [0.5, 0.6) is 0 Å². The van der Waals surface area contributed by atoms with Gasteiger partial charge in [0.2, 0.25) is 0 Å². The zero-order valence-electron chi connectivity index (χ0n) is 29.7. The van der Waals surface area contributed by atoms with Gasteiger partial charge >= 0.3 is 0 Å². The minimum atomic E-state index is 0.615. The lowest BCUT2D eigenvalue weighted by Crippen LogP contribution is -1.95.